The molecule has 4 aromatic carbocycles. The van der Waals surface area contributed by atoms with Crippen molar-refractivity contribution in [3.05, 3.63) is 123 Å². The molecule has 0 saturated heterocycles. The molecular weight excluding hydrogens is 781 g/mol. The third kappa shape index (κ3) is 11.0. The molecule has 0 heterocycles. The number of hydrogen-bond donors (Lipinski definition) is 3. The fraction of sp³-hybridized carbons (Fsp3) is 0.429. The van der Waals surface area contributed by atoms with E-state index < -0.39 is 30.1 Å². The molecule has 4 rings (SSSR count). The third-order valence-electron chi connectivity index (χ3n) is 10.5. The Morgan fingerprint density at radius 3 is 0.789 bits per heavy atom. The summed E-state index contributed by atoms with van der Waals surface area (Å²) < 4.78 is 90.1. The SMILES string of the molecule is Cc1ccc(S(=O)(=O)N(CCCN)Cc2c(C)c(CN(CCCN)S(=O)(=O)c3ccc(C)cc3)c(C)c(CN(CCCN)S(=O)(=O)c3ccc(C)cc3)c2C)cc1. The average Bonchev–Trinajstić information content (AvgIpc) is 3.17. The first-order valence-corrected chi connectivity index (χ1v) is 23.6. The summed E-state index contributed by atoms with van der Waals surface area (Å²) in [4.78, 5) is 0.423. The fourth-order valence-electron chi connectivity index (χ4n) is 6.86. The summed E-state index contributed by atoms with van der Waals surface area (Å²) in [5.41, 5.74) is 24.7. The maximum Gasteiger partial charge on any atom is 0.243 e. The number of rotatable bonds is 21. The van der Waals surface area contributed by atoms with Crippen LogP contribution in [0.15, 0.2) is 87.5 Å². The van der Waals surface area contributed by atoms with Crippen LogP contribution in [0, 0.1) is 41.5 Å². The van der Waals surface area contributed by atoms with Crippen molar-refractivity contribution in [1.82, 2.24) is 12.9 Å². The highest BCUT2D eigenvalue weighted by Crippen LogP contribution is 2.34. The van der Waals surface area contributed by atoms with Crippen LogP contribution in [0.4, 0.5) is 0 Å². The van der Waals surface area contributed by atoms with Gasteiger partial charge in [-0.1, -0.05) is 53.1 Å². The van der Waals surface area contributed by atoms with Crippen LogP contribution >= 0.6 is 0 Å². The molecule has 0 aromatic heterocycles. The van der Waals surface area contributed by atoms with Gasteiger partial charge in [-0.15, -0.1) is 0 Å². The van der Waals surface area contributed by atoms with Gasteiger partial charge in [0.25, 0.3) is 0 Å². The Balaban J connectivity index is 1.97. The normalized spacial score (nSPS) is 12.6. The first-order chi connectivity index (χ1) is 26.9. The van der Waals surface area contributed by atoms with Gasteiger partial charge in [-0.2, -0.15) is 12.9 Å². The van der Waals surface area contributed by atoms with Gasteiger partial charge in [0.05, 0.1) is 14.7 Å². The van der Waals surface area contributed by atoms with Crippen molar-refractivity contribution in [1.29, 1.82) is 0 Å². The lowest BCUT2D eigenvalue weighted by Gasteiger charge is -2.31. The van der Waals surface area contributed by atoms with Crippen LogP contribution < -0.4 is 17.2 Å². The highest BCUT2D eigenvalue weighted by molar-refractivity contribution is 7.89. The molecule has 312 valence electrons. The van der Waals surface area contributed by atoms with Crippen LogP contribution in [-0.4, -0.2) is 77.4 Å². The van der Waals surface area contributed by atoms with Gasteiger partial charge in [0.1, 0.15) is 0 Å². The number of hydrogen-bond acceptors (Lipinski definition) is 9. The molecular formula is C42H60N6O6S3. The Morgan fingerprint density at radius 2 is 0.596 bits per heavy atom. The second kappa shape index (κ2) is 20.0. The van der Waals surface area contributed by atoms with Crippen LogP contribution in [0.2, 0.25) is 0 Å². The quantitative estimate of drug-likeness (QED) is 0.102. The summed E-state index contributed by atoms with van der Waals surface area (Å²) >= 11 is 0. The van der Waals surface area contributed by atoms with Crippen LogP contribution in [0.25, 0.3) is 0 Å². The summed E-state index contributed by atoms with van der Waals surface area (Å²) in [6.07, 6.45) is 1.20. The maximum absolute atomic E-state index is 14.3. The fourth-order valence-corrected chi connectivity index (χ4v) is 11.2. The Morgan fingerprint density at radius 1 is 0.386 bits per heavy atom. The van der Waals surface area contributed by atoms with Crippen molar-refractivity contribution in [3.8, 4) is 0 Å². The van der Waals surface area contributed by atoms with Gasteiger partial charge in [-0.3, -0.25) is 0 Å². The molecule has 0 saturated carbocycles. The van der Waals surface area contributed by atoms with Crippen LogP contribution in [-0.2, 0) is 49.7 Å². The molecule has 0 spiro atoms. The van der Waals surface area contributed by atoms with E-state index in [1.165, 1.54) is 12.9 Å². The van der Waals surface area contributed by atoms with Gasteiger partial charge < -0.3 is 17.2 Å². The van der Waals surface area contributed by atoms with Crippen LogP contribution in [0.5, 0.6) is 0 Å². The van der Waals surface area contributed by atoms with E-state index in [1.54, 1.807) is 72.8 Å². The smallest absolute Gasteiger partial charge is 0.243 e. The zero-order valence-corrected chi connectivity index (χ0v) is 36.6. The highest BCUT2D eigenvalue weighted by Gasteiger charge is 2.32. The largest absolute Gasteiger partial charge is 0.330 e. The lowest BCUT2D eigenvalue weighted by Crippen LogP contribution is -2.36. The minimum atomic E-state index is -4.02. The maximum atomic E-state index is 14.3. The number of aryl methyl sites for hydroxylation is 3. The molecule has 15 heteroatoms. The van der Waals surface area contributed by atoms with Crippen molar-refractivity contribution < 1.29 is 25.3 Å². The van der Waals surface area contributed by atoms with Crippen molar-refractivity contribution in [2.75, 3.05) is 39.3 Å². The van der Waals surface area contributed by atoms with E-state index in [0.29, 0.717) is 36.0 Å². The molecule has 0 aliphatic rings. The summed E-state index contributed by atoms with van der Waals surface area (Å²) in [7, 11) is -12.0. The molecule has 0 aliphatic heterocycles. The van der Waals surface area contributed by atoms with Gasteiger partial charge in [0.15, 0.2) is 0 Å². The van der Waals surface area contributed by atoms with Crippen molar-refractivity contribution in [3.63, 3.8) is 0 Å². The van der Waals surface area contributed by atoms with Gasteiger partial charge in [-0.25, -0.2) is 25.3 Å². The van der Waals surface area contributed by atoms with E-state index in [9.17, 15) is 25.3 Å². The Labute approximate surface area is 341 Å². The topological polar surface area (TPSA) is 190 Å². The predicted octanol–water partition coefficient (Wildman–Crippen LogP) is 5.16. The van der Waals surface area contributed by atoms with Crippen LogP contribution in [0.3, 0.4) is 0 Å². The predicted molar refractivity (Wildman–Crippen MR) is 228 cm³/mol. The number of nitrogens with zero attached hydrogens (tertiary/aromatic N) is 3. The van der Waals surface area contributed by atoms with E-state index in [4.69, 9.17) is 17.2 Å². The molecule has 0 unspecified atom stereocenters. The van der Waals surface area contributed by atoms with E-state index in [2.05, 4.69) is 0 Å². The molecule has 0 atom stereocenters. The van der Waals surface area contributed by atoms with Crippen molar-refractivity contribution >= 4 is 30.1 Å². The average molecular weight is 841 g/mol. The zero-order chi connectivity index (χ0) is 42.1. The lowest BCUT2D eigenvalue weighted by atomic mass is 9.87. The van der Waals surface area contributed by atoms with E-state index >= 15 is 0 Å². The third-order valence-corrected chi connectivity index (χ3v) is 16.1. The Hall–Kier alpha value is -3.51. The van der Waals surface area contributed by atoms with Gasteiger partial charge in [0.2, 0.25) is 30.1 Å². The van der Waals surface area contributed by atoms with E-state index in [-0.39, 0.29) is 73.6 Å². The lowest BCUT2D eigenvalue weighted by molar-refractivity contribution is 0.389. The monoisotopic (exact) mass is 840 g/mol. The first-order valence-electron chi connectivity index (χ1n) is 19.3. The molecule has 0 aliphatic carbocycles. The van der Waals surface area contributed by atoms with Crippen molar-refractivity contribution in [2.45, 2.75) is 95.1 Å². The Kier molecular flexibility index (Phi) is 16.2. The first kappa shape index (κ1) is 46.2. The van der Waals surface area contributed by atoms with Crippen LogP contribution in [0.1, 0.15) is 69.3 Å². The molecule has 12 nitrogen and oxygen atoms in total. The van der Waals surface area contributed by atoms with E-state index in [1.807, 2.05) is 41.5 Å². The summed E-state index contributed by atoms with van der Waals surface area (Å²) in [6.45, 7) is 12.4. The molecule has 4 aromatic rings. The molecule has 0 bridgehead atoms. The standard InChI is InChI=1S/C42H60N6O6S3/c1-31-10-16-37(17-11-31)55(49,50)46(25-7-22-43)28-40-34(4)41(29-47(26-8-23-44)56(51,52)38-18-12-32(2)13-19-38)36(6)42(35(40)5)30-48(27-9-24-45)57(53,54)39-20-14-33(3)15-21-39/h10-21H,7-9,22-30,43-45H2,1-6H3. The number of nitrogens with two attached hydrogens (primary N) is 3. The zero-order valence-electron chi connectivity index (χ0n) is 34.2. The molecule has 6 N–H and O–H groups in total. The minimum absolute atomic E-state index is 0.0464. The van der Waals surface area contributed by atoms with Gasteiger partial charge in [0, 0.05) is 39.3 Å². The number of sulfonamides is 3. The van der Waals surface area contributed by atoms with E-state index in [0.717, 1.165) is 33.4 Å². The summed E-state index contributed by atoms with van der Waals surface area (Å²) in [5.74, 6) is 0. The summed E-state index contributed by atoms with van der Waals surface area (Å²) in [5, 5.41) is 0. The van der Waals surface area contributed by atoms with Crippen molar-refractivity contribution in [2.24, 2.45) is 17.2 Å². The Bertz CT molecular complexity index is 2020. The summed E-state index contributed by atoms with van der Waals surface area (Å²) in [6, 6.07) is 20.0. The second-order valence-electron chi connectivity index (χ2n) is 14.7. The van der Waals surface area contributed by atoms with Gasteiger partial charge in [-0.05, 0) is 150 Å². The highest BCUT2D eigenvalue weighted by atomic mass is 32.2. The molecule has 57 heavy (non-hydrogen) atoms. The number of benzene rings is 4. The minimum Gasteiger partial charge on any atom is -0.330 e. The van der Waals surface area contributed by atoms with Gasteiger partial charge >= 0.3 is 0 Å². The second-order valence-corrected chi connectivity index (χ2v) is 20.5. The molecule has 0 amide bonds. The molecule has 0 radical (unpaired) electrons. The molecule has 0 fully saturated rings.